The second-order valence-corrected chi connectivity index (χ2v) is 6.54. The van der Waals surface area contributed by atoms with Crippen molar-refractivity contribution in [2.45, 2.75) is 11.0 Å². The van der Waals surface area contributed by atoms with Gasteiger partial charge >= 0.3 is 0 Å². The smallest absolute Gasteiger partial charge is 0.279 e. The molecule has 24 heavy (non-hydrogen) atoms. The van der Waals surface area contributed by atoms with Gasteiger partial charge in [-0.2, -0.15) is 0 Å². The number of rotatable bonds is 4. The predicted octanol–water partition coefficient (Wildman–Crippen LogP) is 0.975. The van der Waals surface area contributed by atoms with Crippen molar-refractivity contribution in [1.82, 2.24) is 10.3 Å². The van der Waals surface area contributed by atoms with Gasteiger partial charge in [0.2, 0.25) is 6.10 Å². The van der Waals surface area contributed by atoms with Crippen LogP contribution in [0.4, 0.5) is 4.39 Å². The minimum absolute atomic E-state index is 0.0791. The molecule has 9 heteroatoms. The average molecular weight is 352 g/mol. The molecule has 126 valence electrons. The van der Waals surface area contributed by atoms with Crippen LogP contribution in [0.1, 0.15) is 0 Å². The fourth-order valence-electron chi connectivity index (χ4n) is 2.06. The van der Waals surface area contributed by atoms with Crippen LogP contribution in [0.25, 0.3) is 0 Å². The van der Waals surface area contributed by atoms with Gasteiger partial charge in [-0.1, -0.05) is 24.3 Å². The highest BCUT2D eigenvalue weighted by Gasteiger charge is 2.28. The molecule has 1 aliphatic rings. The van der Waals surface area contributed by atoms with Crippen molar-refractivity contribution in [3.63, 3.8) is 0 Å². The quantitative estimate of drug-likeness (QED) is 0.800. The van der Waals surface area contributed by atoms with Crippen LogP contribution in [0.15, 0.2) is 53.4 Å². The summed E-state index contributed by atoms with van der Waals surface area (Å²) >= 11 is 0. The molecule has 2 aromatic carbocycles. The zero-order chi connectivity index (χ0) is 17.2. The summed E-state index contributed by atoms with van der Waals surface area (Å²) in [4.78, 5) is 13.3. The molecule has 0 saturated carbocycles. The minimum atomic E-state index is -4.24. The lowest BCUT2D eigenvalue weighted by Gasteiger charge is -2.25. The minimum Gasteiger partial charge on any atom is -0.485 e. The Bertz CT molecular complexity index is 872. The van der Waals surface area contributed by atoms with E-state index in [1.54, 1.807) is 24.3 Å². The van der Waals surface area contributed by atoms with Crippen molar-refractivity contribution in [1.29, 1.82) is 0 Å². The molecule has 0 unspecified atom stereocenters. The Kier molecular flexibility index (Phi) is 4.36. The van der Waals surface area contributed by atoms with E-state index >= 15 is 0 Å². The van der Waals surface area contributed by atoms with Crippen molar-refractivity contribution >= 4 is 15.9 Å². The van der Waals surface area contributed by atoms with E-state index in [2.05, 4.69) is 0 Å². The van der Waals surface area contributed by atoms with Crippen molar-refractivity contribution in [2.24, 2.45) is 0 Å². The van der Waals surface area contributed by atoms with E-state index in [1.165, 1.54) is 12.1 Å². The summed E-state index contributed by atoms with van der Waals surface area (Å²) in [5, 5.41) is 0. The molecule has 0 spiro atoms. The number of hydrogen-bond donors (Lipinski definition) is 2. The normalized spacial score (nSPS) is 16.5. The number of carbonyl (C=O) groups is 1. The SMILES string of the molecule is O=C(NNS(=O)(=O)c1ccccc1F)[C@@H]1COc2ccccc2O1. The summed E-state index contributed by atoms with van der Waals surface area (Å²) < 4.78 is 48.4. The van der Waals surface area contributed by atoms with Gasteiger partial charge in [0.25, 0.3) is 15.9 Å². The maximum absolute atomic E-state index is 13.6. The largest absolute Gasteiger partial charge is 0.485 e. The molecule has 1 aliphatic heterocycles. The monoisotopic (exact) mass is 352 g/mol. The molecule has 3 rings (SSSR count). The number of ether oxygens (including phenoxy) is 2. The third-order valence-electron chi connectivity index (χ3n) is 3.24. The number of fused-ring (bicyclic) bond motifs is 1. The second kappa shape index (κ2) is 6.46. The average Bonchev–Trinajstić information content (AvgIpc) is 2.59. The van der Waals surface area contributed by atoms with Crippen molar-refractivity contribution in [2.75, 3.05) is 6.61 Å². The maximum Gasteiger partial charge on any atom is 0.279 e. The van der Waals surface area contributed by atoms with Crippen LogP contribution in [0.5, 0.6) is 11.5 Å². The van der Waals surface area contributed by atoms with Gasteiger partial charge in [0.15, 0.2) is 11.5 Å². The fraction of sp³-hybridized carbons (Fsp3) is 0.133. The van der Waals surface area contributed by atoms with E-state index in [9.17, 15) is 17.6 Å². The van der Waals surface area contributed by atoms with Crippen LogP contribution in [0.3, 0.4) is 0 Å². The lowest BCUT2D eigenvalue weighted by Crippen LogP contribution is -2.50. The first-order chi connectivity index (χ1) is 11.5. The van der Waals surface area contributed by atoms with Crippen molar-refractivity contribution in [3.8, 4) is 11.5 Å². The maximum atomic E-state index is 13.6. The number of para-hydroxylation sites is 2. The Morgan fingerprint density at radius 2 is 1.75 bits per heavy atom. The molecule has 0 aromatic heterocycles. The predicted molar refractivity (Wildman–Crippen MR) is 81.2 cm³/mol. The lowest BCUT2D eigenvalue weighted by atomic mass is 10.2. The Morgan fingerprint density at radius 3 is 2.50 bits per heavy atom. The van der Waals surface area contributed by atoms with Gasteiger partial charge < -0.3 is 9.47 Å². The summed E-state index contributed by atoms with van der Waals surface area (Å²) in [6, 6.07) is 11.6. The van der Waals surface area contributed by atoms with Crippen LogP contribution in [0.2, 0.25) is 0 Å². The highest BCUT2D eigenvalue weighted by Crippen LogP contribution is 2.30. The van der Waals surface area contributed by atoms with Gasteiger partial charge in [0.1, 0.15) is 17.3 Å². The molecular weight excluding hydrogens is 339 g/mol. The van der Waals surface area contributed by atoms with Crippen LogP contribution in [-0.2, 0) is 14.8 Å². The molecule has 1 amide bonds. The number of nitrogens with one attached hydrogen (secondary N) is 2. The highest BCUT2D eigenvalue weighted by molar-refractivity contribution is 7.89. The Labute approximate surface area is 137 Å². The van der Waals surface area contributed by atoms with E-state index in [1.807, 2.05) is 10.3 Å². The first kappa shape index (κ1) is 16.2. The standard InChI is InChI=1S/C15H13FN2O5S/c16-10-5-1-4-8-14(10)24(20,21)18-17-15(19)13-9-22-11-6-2-3-7-12(11)23-13/h1-8,13,18H,9H2,(H,17,19)/t13-/m0/s1. The molecule has 0 bridgehead atoms. The number of sulfonamides is 1. The molecule has 7 nitrogen and oxygen atoms in total. The molecule has 1 heterocycles. The zero-order valence-corrected chi connectivity index (χ0v) is 13.0. The third-order valence-corrected chi connectivity index (χ3v) is 4.52. The number of benzene rings is 2. The van der Waals surface area contributed by atoms with Crippen LogP contribution in [0, 0.1) is 5.82 Å². The molecule has 2 N–H and O–H groups in total. The van der Waals surface area contributed by atoms with E-state index in [-0.39, 0.29) is 6.61 Å². The van der Waals surface area contributed by atoms with Crippen LogP contribution in [-0.4, -0.2) is 27.0 Å². The third kappa shape index (κ3) is 3.31. The zero-order valence-electron chi connectivity index (χ0n) is 12.2. The topological polar surface area (TPSA) is 93.7 Å². The van der Waals surface area contributed by atoms with E-state index < -0.39 is 32.7 Å². The lowest BCUT2D eigenvalue weighted by molar-refractivity contribution is -0.130. The number of carbonyl (C=O) groups excluding carboxylic acids is 1. The van der Waals surface area contributed by atoms with Crippen molar-refractivity contribution < 1.29 is 27.1 Å². The summed E-state index contributed by atoms with van der Waals surface area (Å²) in [5.74, 6) is -0.816. The van der Waals surface area contributed by atoms with Crippen LogP contribution < -0.4 is 19.7 Å². The first-order valence-electron chi connectivity index (χ1n) is 6.92. The molecule has 0 aliphatic carbocycles. The second-order valence-electron chi connectivity index (χ2n) is 4.89. The number of hydrazine groups is 1. The summed E-state index contributed by atoms with van der Waals surface area (Å²) in [6.45, 7) is -0.0791. The molecule has 0 saturated heterocycles. The molecule has 1 atom stereocenters. The summed E-state index contributed by atoms with van der Waals surface area (Å²) in [5.41, 5.74) is 2.00. The molecule has 0 radical (unpaired) electrons. The van der Waals surface area contributed by atoms with Gasteiger partial charge in [-0.25, -0.2) is 12.8 Å². The molecular formula is C15H13FN2O5S. The van der Waals surface area contributed by atoms with Gasteiger partial charge in [0.05, 0.1) is 0 Å². The van der Waals surface area contributed by atoms with Gasteiger partial charge in [0, 0.05) is 0 Å². The Balaban J connectivity index is 1.65. The Hall–Kier alpha value is -2.65. The highest BCUT2D eigenvalue weighted by atomic mass is 32.2. The first-order valence-corrected chi connectivity index (χ1v) is 8.40. The van der Waals surface area contributed by atoms with Gasteiger partial charge in [-0.3, -0.25) is 10.2 Å². The fourth-order valence-corrected chi connectivity index (χ4v) is 2.99. The summed E-state index contributed by atoms with van der Waals surface area (Å²) in [7, 11) is -4.24. The van der Waals surface area contributed by atoms with Crippen molar-refractivity contribution in [3.05, 3.63) is 54.3 Å². The van der Waals surface area contributed by atoms with E-state index in [0.29, 0.717) is 11.5 Å². The number of hydrogen-bond acceptors (Lipinski definition) is 5. The van der Waals surface area contributed by atoms with Gasteiger partial charge in [-0.15, -0.1) is 4.83 Å². The summed E-state index contributed by atoms with van der Waals surface area (Å²) in [6.07, 6.45) is -1.04. The van der Waals surface area contributed by atoms with E-state index in [0.717, 1.165) is 12.1 Å². The van der Waals surface area contributed by atoms with Gasteiger partial charge in [-0.05, 0) is 24.3 Å². The number of amides is 1. The van der Waals surface area contributed by atoms with E-state index in [4.69, 9.17) is 9.47 Å². The van der Waals surface area contributed by atoms with Crippen LogP contribution >= 0.6 is 0 Å². The molecule has 0 fully saturated rings. The number of halogens is 1. The Morgan fingerprint density at radius 1 is 1.08 bits per heavy atom. The molecule has 2 aromatic rings.